The van der Waals surface area contributed by atoms with Crippen LogP contribution >= 0.6 is 0 Å². The van der Waals surface area contributed by atoms with E-state index in [1.165, 1.54) is 13.4 Å². The van der Waals surface area contributed by atoms with E-state index in [9.17, 15) is 9.59 Å². The number of carbonyl (C=O) groups is 2. The van der Waals surface area contributed by atoms with Gasteiger partial charge < -0.3 is 18.6 Å². The van der Waals surface area contributed by atoms with Gasteiger partial charge in [0.2, 0.25) is 5.76 Å². The molecule has 22 heavy (non-hydrogen) atoms. The predicted molar refractivity (Wildman–Crippen MR) is 76.8 cm³/mol. The Kier molecular flexibility index (Phi) is 5.19. The van der Waals surface area contributed by atoms with Crippen LogP contribution in [-0.2, 0) is 16.1 Å². The van der Waals surface area contributed by atoms with Gasteiger partial charge in [0.15, 0.2) is 0 Å². The summed E-state index contributed by atoms with van der Waals surface area (Å²) in [5.41, 5.74) is 1.04. The molecule has 1 heterocycles. The van der Waals surface area contributed by atoms with Gasteiger partial charge in [-0.25, -0.2) is 9.59 Å². The Hall–Kier alpha value is -2.76. The van der Waals surface area contributed by atoms with Crippen LogP contribution in [0, 0.1) is 0 Å². The second kappa shape index (κ2) is 7.31. The number of methoxy groups -OCH3 is 1. The molecular formula is C16H16O6. The Labute approximate surface area is 127 Å². The molecule has 2 aromatic rings. The first-order valence-corrected chi connectivity index (χ1v) is 6.70. The van der Waals surface area contributed by atoms with Crippen molar-refractivity contribution in [3.63, 3.8) is 0 Å². The summed E-state index contributed by atoms with van der Waals surface area (Å²) in [6.07, 6.45) is 1.40. The molecule has 0 fully saturated rings. The van der Waals surface area contributed by atoms with E-state index in [4.69, 9.17) is 13.9 Å². The van der Waals surface area contributed by atoms with E-state index in [0.717, 1.165) is 0 Å². The monoisotopic (exact) mass is 304 g/mol. The van der Waals surface area contributed by atoms with Crippen molar-refractivity contribution in [1.29, 1.82) is 0 Å². The molecule has 116 valence electrons. The van der Waals surface area contributed by atoms with Crippen LogP contribution in [0.4, 0.5) is 0 Å². The van der Waals surface area contributed by atoms with Crippen molar-refractivity contribution < 1.29 is 28.2 Å². The summed E-state index contributed by atoms with van der Waals surface area (Å²) in [5.74, 6) is -0.256. The molecule has 1 aromatic heterocycles. The van der Waals surface area contributed by atoms with Crippen LogP contribution in [-0.4, -0.2) is 25.7 Å². The van der Waals surface area contributed by atoms with Crippen LogP contribution in [0.1, 0.15) is 33.4 Å². The molecule has 0 radical (unpaired) electrons. The second-order valence-electron chi connectivity index (χ2n) is 4.30. The molecule has 0 bridgehead atoms. The van der Waals surface area contributed by atoms with Gasteiger partial charge in [-0.2, -0.15) is 0 Å². The van der Waals surface area contributed by atoms with Gasteiger partial charge in [-0.1, -0.05) is 0 Å². The summed E-state index contributed by atoms with van der Waals surface area (Å²) in [4.78, 5) is 23.0. The van der Waals surface area contributed by atoms with Gasteiger partial charge in [-0.3, -0.25) is 0 Å². The Morgan fingerprint density at radius 1 is 1.09 bits per heavy atom. The molecule has 0 spiro atoms. The topological polar surface area (TPSA) is 75.0 Å². The molecular weight excluding hydrogens is 288 g/mol. The van der Waals surface area contributed by atoms with Crippen molar-refractivity contribution in [2.24, 2.45) is 0 Å². The van der Waals surface area contributed by atoms with Crippen LogP contribution < -0.4 is 4.74 Å². The fourth-order valence-corrected chi connectivity index (χ4v) is 1.78. The minimum absolute atomic E-state index is 0.116. The highest BCUT2D eigenvalue weighted by Gasteiger charge is 2.16. The van der Waals surface area contributed by atoms with Crippen molar-refractivity contribution in [1.82, 2.24) is 0 Å². The lowest BCUT2D eigenvalue weighted by atomic mass is 10.2. The zero-order valence-corrected chi connectivity index (χ0v) is 12.3. The Balaban J connectivity index is 1.99. The minimum atomic E-state index is -0.554. The highest BCUT2D eigenvalue weighted by Crippen LogP contribution is 2.18. The van der Waals surface area contributed by atoms with Crippen LogP contribution in [0.3, 0.4) is 0 Å². The predicted octanol–water partition coefficient (Wildman–Crippen LogP) is 2.82. The Morgan fingerprint density at radius 3 is 2.45 bits per heavy atom. The fraction of sp³-hybridized carbons (Fsp3) is 0.250. The lowest BCUT2D eigenvalue weighted by Crippen LogP contribution is -2.06. The molecule has 2 rings (SSSR count). The van der Waals surface area contributed by atoms with Gasteiger partial charge in [-0.05, 0) is 37.3 Å². The van der Waals surface area contributed by atoms with E-state index in [1.807, 2.05) is 0 Å². The van der Waals surface area contributed by atoms with Gasteiger partial charge in [0.1, 0.15) is 12.4 Å². The van der Waals surface area contributed by atoms with E-state index >= 15 is 0 Å². The molecule has 6 nitrogen and oxygen atoms in total. The third-order valence-electron chi connectivity index (χ3n) is 2.88. The van der Waals surface area contributed by atoms with Gasteiger partial charge in [-0.15, -0.1) is 0 Å². The van der Waals surface area contributed by atoms with E-state index < -0.39 is 5.97 Å². The maximum atomic E-state index is 11.5. The molecule has 0 N–H and O–H groups in total. The average molecular weight is 304 g/mol. The fourth-order valence-electron chi connectivity index (χ4n) is 1.78. The number of ether oxygens (including phenoxy) is 3. The molecule has 0 unspecified atom stereocenters. The van der Waals surface area contributed by atoms with Gasteiger partial charge >= 0.3 is 11.9 Å². The highest BCUT2D eigenvalue weighted by atomic mass is 16.5. The van der Waals surface area contributed by atoms with E-state index in [0.29, 0.717) is 23.5 Å². The van der Waals surface area contributed by atoms with Crippen LogP contribution in [0.25, 0.3) is 0 Å². The zero-order chi connectivity index (χ0) is 15.9. The smallest absolute Gasteiger partial charge is 0.374 e. The van der Waals surface area contributed by atoms with E-state index in [2.05, 4.69) is 4.74 Å². The molecule has 0 saturated heterocycles. The summed E-state index contributed by atoms with van der Waals surface area (Å²) >= 11 is 0. The molecule has 0 aliphatic heterocycles. The quantitative estimate of drug-likeness (QED) is 0.764. The molecule has 6 heteroatoms. The molecule has 0 atom stereocenters. The van der Waals surface area contributed by atoms with Crippen LogP contribution in [0.2, 0.25) is 0 Å². The van der Waals surface area contributed by atoms with Gasteiger partial charge in [0.05, 0.1) is 25.5 Å². The normalized spacial score (nSPS) is 10.1. The third kappa shape index (κ3) is 3.66. The van der Waals surface area contributed by atoms with Crippen LogP contribution in [0.15, 0.2) is 41.0 Å². The first kappa shape index (κ1) is 15.6. The molecule has 0 aliphatic carbocycles. The first-order valence-electron chi connectivity index (χ1n) is 6.70. The first-order chi connectivity index (χ1) is 10.7. The summed E-state index contributed by atoms with van der Waals surface area (Å²) in [6, 6.07) is 8.18. The van der Waals surface area contributed by atoms with Crippen molar-refractivity contribution >= 4 is 11.9 Å². The largest absolute Gasteiger partial charge is 0.489 e. The Morgan fingerprint density at radius 2 is 1.82 bits per heavy atom. The number of hydrogen-bond donors (Lipinski definition) is 0. The molecule has 0 aliphatic rings. The van der Waals surface area contributed by atoms with Crippen molar-refractivity contribution in [2.45, 2.75) is 13.5 Å². The van der Waals surface area contributed by atoms with Crippen LogP contribution in [0.5, 0.6) is 5.75 Å². The Bertz CT molecular complexity index is 641. The average Bonchev–Trinajstić information content (AvgIpc) is 3.01. The summed E-state index contributed by atoms with van der Waals surface area (Å²) < 4.78 is 20.1. The van der Waals surface area contributed by atoms with Crippen molar-refractivity contribution in [2.75, 3.05) is 13.7 Å². The standard InChI is InChI=1S/C16H16O6/c1-3-20-15(17)11-4-6-13(7-5-11)22-10-12-8-9-21-14(12)16(18)19-2/h4-9H,3,10H2,1-2H3. The van der Waals surface area contributed by atoms with E-state index in [1.54, 1.807) is 37.3 Å². The van der Waals surface area contributed by atoms with Gasteiger partial charge in [0.25, 0.3) is 0 Å². The second-order valence-corrected chi connectivity index (χ2v) is 4.30. The lowest BCUT2D eigenvalue weighted by Gasteiger charge is -2.07. The highest BCUT2D eigenvalue weighted by molar-refractivity contribution is 5.89. The summed E-state index contributed by atoms with van der Waals surface area (Å²) in [7, 11) is 1.28. The third-order valence-corrected chi connectivity index (χ3v) is 2.88. The number of hydrogen-bond acceptors (Lipinski definition) is 6. The number of carbonyl (C=O) groups excluding carboxylic acids is 2. The SMILES string of the molecule is CCOC(=O)c1ccc(OCc2ccoc2C(=O)OC)cc1. The van der Waals surface area contributed by atoms with Gasteiger partial charge in [0, 0.05) is 5.56 Å². The van der Waals surface area contributed by atoms with Crippen molar-refractivity contribution in [3.8, 4) is 5.75 Å². The summed E-state index contributed by atoms with van der Waals surface area (Å²) in [5, 5.41) is 0. The number of furan rings is 1. The maximum absolute atomic E-state index is 11.5. The van der Waals surface area contributed by atoms with E-state index in [-0.39, 0.29) is 18.3 Å². The van der Waals surface area contributed by atoms with Crippen molar-refractivity contribution in [3.05, 3.63) is 53.5 Å². The summed E-state index contributed by atoms with van der Waals surface area (Å²) in [6.45, 7) is 2.23. The number of rotatable bonds is 6. The molecule has 0 amide bonds. The minimum Gasteiger partial charge on any atom is -0.489 e. The number of esters is 2. The molecule has 1 aromatic carbocycles. The molecule has 0 saturated carbocycles. The lowest BCUT2D eigenvalue weighted by molar-refractivity contribution is 0.0524. The maximum Gasteiger partial charge on any atom is 0.374 e. The number of benzene rings is 1. The zero-order valence-electron chi connectivity index (χ0n) is 12.3.